The first kappa shape index (κ1) is 31.7. The average Bonchev–Trinajstić information content (AvgIpc) is 3.45. The van der Waals surface area contributed by atoms with Gasteiger partial charge >= 0.3 is 0 Å². The van der Waals surface area contributed by atoms with Gasteiger partial charge in [0.2, 0.25) is 5.90 Å². The van der Waals surface area contributed by atoms with Crippen LogP contribution in [-0.2, 0) is 22.4 Å². The van der Waals surface area contributed by atoms with Crippen molar-refractivity contribution in [3.63, 3.8) is 0 Å². The number of hydrazine groups is 1. The highest BCUT2D eigenvalue weighted by Crippen LogP contribution is 2.45. The molecule has 5 rings (SSSR count). The van der Waals surface area contributed by atoms with Crippen molar-refractivity contribution in [3.8, 4) is 5.75 Å². The van der Waals surface area contributed by atoms with Gasteiger partial charge in [-0.1, -0.05) is 93.8 Å². The lowest BCUT2D eigenvalue weighted by Gasteiger charge is -2.31. The van der Waals surface area contributed by atoms with Gasteiger partial charge in [-0.15, -0.1) is 0 Å². The third-order valence-electron chi connectivity index (χ3n) is 7.41. The molecule has 4 aromatic carbocycles. The topological polar surface area (TPSA) is 141 Å². The Morgan fingerprint density at radius 2 is 1.76 bits per heavy atom. The van der Waals surface area contributed by atoms with E-state index in [4.69, 9.17) is 19.6 Å². The molecule has 0 spiro atoms. The monoisotopic (exact) mass is 668 g/mol. The Bertz CT molecular complexity index is 1680. The molecule has 0 radical (unpaired) electrons. The third-order valence-corrected chi connectivity index (χ3v) is 8.13. The van der Waals surface area contributed by atoms with Crippen molar-refractivity contribution in [3.05, 3.63) is 140 Å². The molecule has 3 N–H and O–H groups in total. The van der Waals surface area contributed by atoms with Gasteiger partial charge < -0.3 is 14.6 Å². The van der Waals surface area contributed by atoms with E-state index in [1.807, 2.05) is 78.9 Å². The first-order valence-corrected chi connectivity index (χ1v) is 15.4. The predicted molar refractivity (Wildman–Crippen MR) is 176 cm³/mol. The number of carbonyl (C=O) groups excluding carboxylic acids is 1. The number of carbonyl (C=O) groups is 1. The van der Waals surface area contributed by atoms with Gasteiger partial charge in [0.25, 0.3) is 5.91 Å². The summed E-state index contributed by atoms with van der Waals surface area (Å²) in [5.74, 6) is 0.535. The number of hydrogen-bond acceptors (Lipinski definition) is 7. The summed E-state index contributed by atoms with van der Waals surface area (Å²) >= 11 is 3.66. The van der Waals surface area contributed by atoms with Gasteiger partial charge in [0.1, 0.15) is 5.75 Å². The lowest BCUT2D eigenvalue weighted by molar-refractivity contribution is -0.130. The van der Waals surface area contributed by atoms with Crippen LogP contribution in [0.5, 0.6) is 5.75 Å². The van der Waals surface area contributed by atoms with E-state index in [0.29, 0.717) is 54.5 Å². The summed E-state index contributed by atoms with van der Waals surface area (Å²) in [5.41, 5.74) is 17.3. The Kier molecular flexibility index (Phi) is 10.8. The van der Waals surface area contributed by atoms with Crippen LogP contribution in [0.4, 0.5) is 5.69 Å². The maximum absolute atomic E-state index is 14.4. The van der Waals surface area contributed by atoms with E-state index in [1.54, 1.807) is 24.3 Å². The maximum Gasteiger partial charge on any atom is 0.266 e. The van der Waals surface area contributed by atoms with Gasteiger partial charge in [0.05, 0.1) is 6.61 Å². The summed E-state index contributed by atoms with van der Waals surface area (Å²) in [6, 6.07) is 31.9. The van der Waals surface area contributed by atoms with E-state index in [-0.39, 0.29) is 13.0 Å². The minimum atomic E-state index is -1.49. The summed E-state index contributed by atoms with van der Waals surface area (Å²) in [6.45, 7) is 0.936. The van der Waals surface area contributed by atoms with Crippen LogP contribution in [0.3, 0.4) is 0 Å². The molecule has 11 heteroatoms. The molecule has 2 atom stereocenters. The quantitative estimate of drug-likeness (QED) is 0.0461. The van der Waals surface area contributed by atoms with Crippen molar-refractivity contribution in [2.24, 2.45) is 10.1 Å². The standard InChI is InChI=1S/C34H33BrN6O4/c35-29-13-6-5-12-28(29)31-34(23-26-11-4-7-14-30(26)39-41-36,33(43)40-37-20-19-24-9-2-1-3-10-24)38-32(45-31)25-15-17-27(18-16-25)44-22-8-21-42/h1-7,9-18,31,37,42H,8,19-23H2,(H,40,43)/t31-,34-/m0/s1. The Balaban J connectivity index is 1.53. The number of ether oxygens (including phenoxy) is 2. The summed E-state index contributed by atoms with van der Waals surface area (Å²) in [5, 5.41) is 12.9. The number of azide groups is 1. The fourth-order valence-corrected chi connectivity index (χ4v) is 5.64. The van der Waals surface area contributed by atoms with Gasteiger partial charge in [-0.3, -0.25) is 10.2 Å². The molecule has 0 saturated heterocycles. The SMILES string of the molecule is [N-]=[N+]=Nc1ccccc1C[C@]1(C(=O)NNCCc2ccccc2)N=C(c2ccc(OCCCO)cc2)O[C@H]1c1ccccc1Br. The first-order chi connectivity index (χ1) is 22.0. The fraction of sp³-hybridized carbons (Fsp3) is 0.235. The number of hydrogen-bond donors (Lipinski definition) is 3. The van der Waals surface area contributed by atoms with Gasteiger partial charge in [0.15, 0.2) is 11.6 Å². The first-order valence-electron chi connectivity index (χ1n) is 14.6. The molecule has 0 aromatic heterocycles. The van der Waals surface area contributed by atoms with Crippen LogP contribution < -0.4 is 15.6 Å². The molecule has 0 saturated carbocycles. The second-order valence-corrected chi connectivity index (χ2v) is 11.3. The number of aliphatic hydroxyl groups is 1. The smallest absolute Gasteiger partial charge is 0.266 e. The van der Waals surface area contributed by atoms with Gasteiger partial charge in [-0.05, 0) is 53.4 Å². The van der Waals surface area contributed by atoms with Crippen molar-refractivity contribution >= 4 is 33.4 Å². The molecular formula is C34H33BrN6O4. The van der Waals surface area contributed by atoms with Crippen molar-refractivity contribution in [1.82, 2.24) is 10.9 Å². The van der Waals surface area contributed by atoms with Crippen LogP contribution >= 0.6 is 15.9 Å². The predicted octanol–water partition coefficient (Wildman–Crippen LogP) is 6.52. The molecule has 0 unspecified atom stereocenters. The summed E-state index contributed by atoms with van der Waals surface area (Å²) in [4.78, 5) is 22.4. The highest BCUT2D eigenvalue weighted by atomic mass is 79.9. The number of amides is 1. The van der Waals surface area contributed by atoms with Crippen molar-refractivity contribution < 1.29 is 19.4 Å². The third kappa shape index (κ3) is 7.71. The number of benzene rings is 4. The van der Waals surface area contributed by atoms with E-state index in [1.165, 1.54) is 0 Å². The number of aliphatic hydroxyl groups excluding tert-OH is 1. The minimum absolute atomic E-state index is 0.0488. The van der Waals surface area contributed by atoms with Gasteiger partial charge in [-0.2, -0.15) is 0 Å². The maximum atomic E-state index is 14.4. The second kappa shape index (κ2) is 15.4. The van der Waals surface area contributed by atoms with Gasteiger partial charge in [-0.25, -0.2) is 10.4 Å². The Labute approximate surface area is 269 Å². The zero-order valence-electron chi connectivity index (χ0n) is 24.5. The highest BCUT2D eigenvalue weighted by Gasteiger charge is 2.54. The molecule has 1 amide bonds. The molecule has 1 heterocycles. The minimum Gasteiger partial charge on any atom is -0.494 e. The average molecular weight is 670 g/mol. The molecule has 230 valence electrons. The van der Waals surface area contributed by atoms with Crippen molar-refractivity contribution in [2.75, 3.05) is 19.8 Å². The molecule has 45 heavy (non-hydrogen) atoms. The van der Waals surface area contributed by atoms with Crippen LogP contribution in [0, 0.1) is 0 Å². The molecular weight excluding hydrogens is 636 g/mol. The fourth-order valence-electron chi connectivity index (χ4n) is 5.15. The Hall–Kier alpha value is -4.67. The normalized spacial score (nSPS) is 17.1. The molecule has 0 bridgehead atoms. The Morgan fingerprint density at radius 1 is 1.02 bits per heavy atom. The van der Waals surface area contributed by atoms with Crippen molar-refractivity contribution in [2.45, 2.75) is 30.9 Å². The zero-order chi connectivity index (χ0) is 31.5. The lowest BCUT2D eigenvalue weighted by Crippen LogP contribution is -2.54. The van der Waals surface area contributed by atoms with E-state index in [9.17, 15) is 10.3 Å². The largest absolute Gasteiger partial charge is 0.494 e. The Morgan fingerprint density at radius 3 is 2.51 bits per heavy atom. The molecule has 1 aliphatic heterocycles. The second-order valence-electron chi connectivity index (χ2n) is 10.4. The van der Waals surface area contributed by atoms with E-state index in [0.717, 1.165) is 15.6 Å². The zero-order valence-corrected chi connectivity index (χ0v) is 26.1. The summed E-state index contributed by atoms with van der Waals surface area (Å²) in [7, 11) is 0. The summed E-state index contributed by atoms with van der Waals surface area (Å²) in [6.07, 6.45) is 0.490. The van der Waals surface area contributed by atoms with Gasteiger partial charge in [0, 0.05) is 52.2 Å². The lowest BCUT2D eigenvalue weighted by atomic mass is 9.81. The summed E-state index contributed by atoms with van der Waals surface area (Å²) < 4.78 is 13.0. The van der Waals surface area contributed by atoms with Crippen LogP contribution in [0.25, 0.3) is 10.4 Å². The molecule has 10 nitrogen and oxygen atoms in total. The molecule has 0 fully saturated rings. The number of aliphatic imine (C=N–C) groups is 1. The number of halogens is 1. The molecule has 4 aromatic rings. The number of nitrogens with zero attached hydrogens (tertiary/aromatic N) is 4. The highest BCUT2D eigenvalue weighted by molar-refractivity contribution is 9.10. The number of rotatable bonds is 14. The van der Waals surface area contributed by atoms with Crippen LogP contribution in [0.2, 0.25) is 0 Å². The molecule has 0 aliphatic carbocycles. The van der Waals surface area contributed by atoms with Crippen LogP contribution in [0.15, 0.2) is 118 Å². The molecule has 1 aliphatic rings. The number of nitrogens with one attached hydrogen (secondary N) is 2. The van der Waals surface area contributed by atoms with Crippen LogP contribution in [-0.4, -0.2) is 42.2 Å². The van der Waals surface area contributed by atoms with E-state index >= 15 is 0 Å². The van der Waals surface area contributed by atoms with Crippen molar-refractivity contribution in [1.29, 1.82) is 0 Å². The van der Waals surface area contributed by atoms with E-state index < -0.39 is 17.6 Å². The van der Waals surface area contributed by atoms with E-state index in [2.05, 4.69) is 36.8 Å². The van der Waals surface area contributed by atoms with Crippen LogP contribution in [0.1, 0.15) is 34.8 Å².